The molecule has 0 unspecified atom stereocenters. The lowest BCUT2D eigenvalue weighted by molar-refractivity contribution is -0.142. The summed E-state index contributed by atoms with van der Waals surface area (Å²) in [5.41, 5.74) is 0.266. The van der Waals surface area contributed by atoms with Gasteiger partial charge in [0.15, 0.2) is 0 Å². The van der Waals surface area contributed by atoms with Crippen molar-refractivity contribution in [1.82, 2.24) is 4.90 Å². The van der Waals surface area contributed by atoms with E-state index in [-0.39, 0.29) is 17.7 Å². The van der Waals surface area contributed by atoms with Crippen molar-refractivity contribution in [1.29, 1.82) is 0 Å². The van der Waals surface area contributed by atoms with Crippen LogP contribution in [0.15, 0.2) is 24.3 Å². The van der Waals surface area contributed by atoms with Crippen molar-refractivity contribution in [3.8, 4) is 0 Å². The fourth-order valence-electron chi connectivity index (χ4n) is 2.95. The van der Waals surface area contributed by atoms with Gasteiger partial charge >= 0.3 is 0 Å². The average Bonchev–Trinajstić information content (AvgIpc) is 3.35. The van der Waals surface area contributed by atoms with Gasteiger partial charge in [0.2, 0.25) is 17.7 Å². The van der Waals surface area contributed by atoms with Crippen molar-refractivity contribution in [3.63, 3.8) is 0 Å². The van der Waals surface area contributed by atoms with E-state index in [9.17, 15) is 14.4 Å². The van der Waals surface area contributed by atoms with E-state index in [4.69, 9.17) is 0 Å². The first-order valence-corrected chi connectivity index (χ1v) is 8.91. The SMILES string of the molecule is CCCN(CCC)C(=O)C1(C(=O)Nc2cccc(NC(C)=O)c2)CC1. The van der Waals surface area contributed by atoms with Gasteiger partial charge in [-0.15, -0.1) is 0 Å². The number of benzene rings is 1. The van der Waals surface area contributed by atoms with Gasteiger partial charge < -0.3 is 15.5 Å². The summed E-state index contributed by atoms with van der Waals surface area (Å²) in [6.07, 6.45) is 2.93. The Balaban J connectivity index is 2.09. The predicted octanol–water partition coefficient (Wildman–Crippen LogP) is 3.01. The molecule has 2 N–H and O–H groups in total. The third kappa shape index (κ3) is 4.59. The monoisotopic (exact) mass is 345 g/mol. The third-order valence-corrected chi connectivity index (χ3v) is 4.31. The van der Waals surface area contributed by atoms with Gasteiger partial charge in [-0.1, -0.05) is 19.9 Å². The van der Waals surface area contributed by atoms with Crippen LogP contribution in [-0.4, -0.2) is 35.7 Å². The van der Waals surface area contributed by atoms with Gasteiger partial charge in [0.05, 0.1) is 0 Å². The molecule has 1 aromatic rings. The fourth-order valence-corrected chi connectivity index (χ4v) is 2.95. The standard InChI is InChI=1S/C19H27N3O3/c1-4-11-22(12-5-2)18(25)19(9-10-19)17(24)21-16-8-6-7-15(13-16)20-14(3)23/h6-8,13H,4-5,9-12H2,1-3H3,(H,20,23)(H,21,24). The molecular formula is C19H27N3O3. The first kappa shape index (κ1) is 19.0. The third-order valence-electron chi connectivity index (χ3n) is 4.31. The number of carbonyl (C=O) groups is 3. The van der Waals surface area contributed by atoms with Gasteiger partial charge in [-0.05, 0) is 43.9 Å². The summed E-state index contributed by atoms with van der Waals surface area (Å²) in [5, 5.41) is 5.52. The van der Waals surface area contributed by atoms with Gasteiger partial charge in [-0.25, -0.2) is 0 Å². The van der Waals surface area contributed by atoms with Crippen LogP contribution in [-0.2, 0) is 14.4 Å². The zero-order chi connectivity index (χ0) is 18.4. The quantitative estimate of drug-likeness (QED) is 0.711. The molecule has 1 aliphatic rings. The molecule has 6 nitrogen and oxygen atoms in total. The van der Waals surface area contributed by atoms with E-state index in [2.05, 4.69) is 10.6 Å². The minimum absolute atomic E-state index is 0.0632. The normalized spacial score (nSPS) is 14.5. The first-order chi connectivity index (χ1) is 11.9. The van der Waals surface area contributed by atoms with Crippen LogP contribution in [0.2, 0.25) is 0 Å². The highest BCUT2D eigenvalue weighted by Crippen LogP contribution is 2.48. The number of rotatable bonds is 8. The Morgan fingerprint density at radius 3 is 2.08 bits per heavy atom. The van der Waals surface area contributed by atoms with E-state index in [0.717, 1.165) is 12.8 Å². The minimum atomic E-state index is -0.922. The highest BCUT2D eigenvalue weighted by Gasteiger charge is 2.57. The Morgan fingerprint density at radius 1 is 1.04 bits per heavy atom. The molecule has 1 aliphatic carbocycles. The minimum Gasteiger partial charge on any atom is -0.342 e. The number of carbonyl (C=O) groups excluding carboxylic acids is 3. The molecule has 1 aromatic carbocycles. The lowest BCUT2D eigenvalue weighted by Gasteiger charge is -2.26. The Labute approximate surface area is 149 Å². The molecule has 0 aromatic heterocycles. The molecule has 0 spiro atoms. The number of amides is 3. The first-order valence-electron chi connectivity index (χ1n) is 8.91. The molecule has 1 saturated carbocycles. The summed E-state index contributed by atoms with van der Waals surface area (Å²) in [6.45, 7) is 6.85. The van der Waals surface area contributed by atoms with Gasteiger partial charge in [-0.2, -0.15) is 0 Å². The Hall–Kier alpha value is -2.37. The van der Waals surface area contributed by atoms with Crippen LogP contribution >= 0.6 is 0 Å². The van der Waals surface area contributed by atoms with Gasteiger partial charge in [-0.3, -0.25) is 14.4 Å². The van der Waals surface area contributed by atoms with Crippen molar-refractivity contribution < 1.29 is 14.4 Å². The van der Waals surface area contributed by atoms with Crippen molar-refractivity contribution in [2.24, 2.45) is 5.41 Å². The second-order valence-electron chi connectivity index (χ2n) is 6.59. The molecular weight excluding hydrogens is 318 g/mol. The van der Waals surface area contributed by atoms with Crippen LogP contribution in [0.4, 0.5) is 11.4 Å². The molecule has 25 heavy (non-hydrogen) atoms. The average molecular weight is 345 g/mol. The molecule has 0 atom stereocenters. The molecule has 0 bridgehead atoms. The van der Waals surface area contributed by atoms with Crippen LogP contribution in [0.1, 0.15) is 46.5 Å². The number of nitrogens with one attached hydrogen (secondary N) is 2. The van der Waals surface area contributed by atoms with Crippen molar-refractivity contribution in [2.75, 3.05) is 23.7 Å². The molecule has 2 rings (SSSR count). The van der Waals surface area contributed by atoms with E-state index in [0.29, 0.717) is 37.3 Å². The lowest BCUT2D eigenvalue weighted by atomic mass is 10.0. The second kappa shape index (κ2) is 8.14. The van der Waals surface area contributed by atoms with Crippen LogP contribution in [0.3, 0.4) is 0 Å². The Bertz CT molecular complexity index is 647. The highest BCUT2D eigenvalue weighted by atomic mass is 16.2. The van der Waals surface area contributed by atoms with E-state index < -0.39 is 5.41 Å². The van der Waals surface area contributed by atoms with Gasteiger partial charge in [0.25, 0.3) is 0 Å². The Kier molecular flexibility index (Phi) is 6.17. The van der Waals surface area contributed by atoms with Crippen molar-refractivity contribution in [3.05, 3.63) is 24.3 Å². The van der Waals surface area contributed by atoms with Crippen molar-refractivity contribution >= 4 is 29.1 Å². The molecule has 6 heteroatoms. The Morgan fingerprint density at radius 2 is 1.60 bits per heavy atom. The number of hydrogen-bond donors (Lipinski definition) is 2. The van der Waals surface area contributed by atoms with Crippen LogP contribution in [0, 0.1) is 5.41 Å². The maximum absolute atomic E-state index is 12.9. The number of anilines is 2. The molecule has 0 saturated heterocycles. The van der Waals surface area contributed by atoms with E-state index in [1.165, 1.54) is 6.92 Å². The predicted molar refractivity (Wildman–Crippen MR) is 98.2 cm³/mol. The van der Waals surface area contributed by atoms with Crippen LogP contribution in [0.5, 0.6) is 0 Å². The maximum atomic E-state index is 12.9. The van der Waals surface area contributed by atoms with Gasteiger partial charge in [0, 0.05) is 31.4 Å². The second-order valence-corrected chi connectivity index (χ2v) is 6.59. The molecule has 0 heterocycles. The summed E-state index contributed by atoms with van der Waals surface area (Å²) in [6, 6.07) is 6.94. The maximum Gasteiger partial charge on any atom is 0.240 e. The number of nitrogens with zero attached hydrogens (tertiary/aromatic N) is 1. The molecule has 1 fully saturated rings. The fraction of sp³-hybridized carbons (Fsp3) is 0.526. The zero-order valence-electron chi connectivity index (χ0n) is 15.2. The summed E-state index contributed by atoms with van der Waals surface area (Å²) >= 11 is 0. The topological polar surface area (TPSA) is 78.5 Å². The molecule has 3 amide bonds. The number of hydrogen-bond acceptors (Lipinski definition) is 3. The summed E-state index contributed by atoms with van der Waals surface area (Å²) < 4.78 is 0. The van der Waals surface area contributed by atoms with Crippen molar-refractivity contribution in [2.45, 2.75) is 46.5 Å². The van der Waals surface area contributed by atoms with E-state index in [1.54, 1.807) is 29.2 Å². The highest BCUT2D eigenvalue weighted by molar-refractivity contribution is 6.13. The lowest BCUT2D eigenvalue weighted by Crippen LogP contribution is -2.43. The molecule has 0 radical (unpaired) electrons. The van der Waals surface area contributed by atoms with Gasteiger partial charge in [0.1, 0.15) is 5.41 Å². The van der Waals surface area contributed by atoms with Crippen LogP contribution in [0.25, 0.3) is 0 Å². The largest absolute Gasteiger partial charge is 0.342 e. The summed E-state index contributed by atoms with van der Waals surface area (Å²) in [5.74, 6) is -0.492. The van der Waals surface area contributed by atoms with E-state index in [1.807, 2.05) is 13.8 Å². The molecule has 136 valence electrons. The zero-order valence-corrected chi connectivity index (χ0v) is 15.2. The molecule has 0 aliphatic heterocycles. The van der Waals surface area contributed by atoms with Crippen LogP contribution < -0.4 is 10.6 Å². The summed E-state index contributed by atoms with van der Waals surface area (Å²) in [7, 11) is 0. The summed E-state index contributed by atoms with van der Waals surface area (Å²) in [4.78, 5) is 38.6. The van der Waals surface area contributed by atoms with E-state index >= 15 is 0 Å². The smallest absolute Gasteiger partial charge is 0.240 e.